The molecule has 0 spiro atoms. The van der Waals surface area contributed by atoms with Crippen molar-refractivity contribution in [3.63, 3.8) is 0 Å². The van der Waals surface area contributed by atoms with Gasteiger partial charge in [-0.1, -0.05) is 6.07 Å². The molecule has 2 N–H and O–H groups in total. The van der Waals surface area contributed by atoms with Crippen LogP contribution in [0.1, 0.15) is 18.9 Å². The van der Waals surface area contributed by atoms with Crippen molar-refractivity contribution in [1.29, 1.82) is 0 Å². The van der Waals surface area contributed by atoms with Gasteiger partial charge in [0, 0.05) is 19.8 Å². The summed E-state index contributed by atoms with van der Waals surface area (Å²) in [7, 11) is 0. The number of rotatable bonds is 7. The fraction of sp³-hybridized carbons (Fsp3) is 0.500. The van der Waals surface area contributed by atoms with E-state index in [0.29, 0.717) is 0 Å². The molecule has 0 fully saturated rings. The predicted molar refractivity (Wildman–Crippen MR) is 68.6 cm³/mol. The molecule has 0 saturated heterocycles. The zero-order chi connectivity index (χ0) is 11.8. The zero-order valence-corrected chi connectivity index (χ0v) is 11.1. The summed E-state index contributed by atoms with van der Waals surface area (Å²) in [5.41, 5.74) is 1.15. The van der Waals surface area contributed by atoms with Crippen LogP contribution in [-0.4, -0.2) is 24.9 Å². The Morgan fingerprint density at radius 2 is 2.25 bits per heavy atom. The van der Waals surface area contributed by atoms with E-state index in [9.17, 15) is 5.11 Å². The van der Waals surface area contributed by atoms with Gasteiger partial charge >= 0.3 is 0 Å². The quantitative estimate of drug-likeness (QED) is 0.758. The van der Waals surface area contributed by atoms with Crippen LogP contribution >= 0.6 is 15.9 Å². The minimum absolute atomic E-state index is 0.278. The molecule has 0 aliphatic carbocycles. The number of hydrogen-bond acceptors (Lipinski definition) is 3. The Bertz CT molecular complexity index is 318. The fourth-order valence-corrected chi connectivity index (χ4v) is 1.76. The Labute approximate surface area is 105 Å². The average Bonchev–Trinajstić information content (AvgIpc) is 2.28. The smallest absolute Gasteiger partial charge is 0.129 e. The number of hydrogen-bond donors (Lipinski definition) is 2. The van der Waals surface area contributed by atoms with Gasteiger partial charge in [-0.05, 0) is 53.5 Å². The summed E-state index contributed by atoms with van der Waals surface area (Å²) in [5.74, 6) is 0.278. The molecule has 0 unspecified atom stereocenters. The Balaban J connectivity index is 2.19. The molecule has 4 heteroatoms. The third-order valence-electron chi connectivity index (χ3n) is 2.19. The van der Waals surface area contributed by atoms with Crippen molar-refractivity contribution < 1.29 is 9.84 Å². The van der Waals surface area contributed by atoms with E-state index in [4.69, 9.17) is 4.74 Å². The molecule has 0 radical (unpaired) electrons. The minimum atomic E-state index is 0.278. The summed E-state index contributed by atoms with van der Waals surface area (Å²) < 4.78 is 5.98. The second kappa shape index (κ2) is 7.65. The molecule has 16 heavy (non-hydrogen) atoms. The standard InChI is InChI=1S/C12H18BrNO2/c1-2-16-7-3-6-14-9-10-4-5-12(15)11(13)8-10/h4-5,8,14-15H,2-3,6-7,9H2,1H3. The molecule has 0 heterocycles. The zero-order valence-electron chi connectivity index (χ0n) is 9.50. The molecule has 0 saturated carbocycles. The predicted octanol–water partition coefficient (Wildman–Crippen LogP) is 2.67. The van der Waals surface area contributed by atoms with Gasteiger partial charge < -0.3 is 15.2 Å². The monoisotopic (exact) mass is 287 g/mol. The summed E-state index contributed by atoms with van der Waals surface area (Å²) in [6.45, 7) is 5.35. The average molecular weight is 288 g/mol. The number of nitrogens with one attached hydrogen (secondary N) is 1. The Morgan fingerprint density at radius 3 is 2.94 bits per heavy atom. The highest BCUT2D eigenvalue weighted by Gasteiger charge is 1.98. The summed E-state index contributed by atoms with van der Waals surface area (Å²) >= 11 is 3.29. The number of phenolic OH excluding ortho intramolecular Hbond substituents is 1. The van der Waals surface area contributed by atoms with Gasteiger partial charge in [0.15, 0.2) is 0 Å². The van der Waals surface area contributed by atoms with Gasteiger partial charge in [0.25, 0.3) is 0 Å². The molecule has 0 bridgehead atoms. The Hall–Kier alpha value is -0.580. The minimum Gasteiger partial charge on any atom is -0.507 e. The maximum absolute atomic E-state index is 9.33. The highest BCUT2D eigenvalue weighted by molar-refractivity contribution is 9.10. The van der Waals surface area contributed by atoms with Crippen LogP contribution in [0.3, 0.4) is 0 Å². The molecular formula is C12H18BrNO2. The van der Waals surface area contributed by atoms with Gasteiger partial charge in [0.1, 0.15) is 5.75 Å². The van der Waals surface area contributed by atoms with Crippen LogP contribution in [0.2, 0.25) is 0 Å². The molecule has 0 aliphatic rings. The van der Waals surface area contributed by atoms with E-state index in [1.807, 2.05) is 19.1 Å². The van der Waals surface area contributed by atoms with Crippen molar-refractivity contribution in [3.8, 4) is 5.75 Å². The van der Waals surface area contributed by atoms with Gasteiger partial charge in [-0.3, -0.25) is 0 Å². The number of halogens is 1. The number of benzene rings is 1. The van der Waals surface area contributed by atoms with Crippen LogP contribution < -0.4 is 5.32 Å². The number of ether oxygens (including phenoxy) is 1. The maximum Gasteiger partial charge on any atom is 0.129 e. The first-order chi connectivity index (χ1) is 7.74. The highest BCUT2D eigenvalue weighted by Crippen LogP contribution is 2.23. The molecule has 1 rings (SSSR count). The second-order valence-corrected chi connectivity index (χ2v) is 4.37. The molecule has 1 aromatic carbocycles. The van der Waals surface area contributed by atoms with Gasteiger partial charge in [-0.25, -0.2) is 0 Å². The lowest BCUT2D eigenvalue weighted by atomic mass is 10.2. The van der Waals surface area contributed by atoms with Gasteiger partial charge in [-0.15, -0.1) is 0 Å². The van der Waals surface area contributed by atoms with Crippen LogP contribution in [0.15, 0.2) is 22.7 Å². The van der Waals surface area contributed by atoms with Crippen molar-refractivity contribution in [2.24, 2.45) is 0 Å². The van der Waals surface area contributed by atoms with Crippen molar-refractivity contribution in [2.45, 2.75) is 19.9 Å². The fourth-order valence-electron chi connectivity index (χ4n) is 1.34. The lowest BCUT2D eigenvalue weighted by Crippen LogP contribution is -2.16. The molecule has 1 aromatic rings. The SMILES string of the molecule is CCOCCCNCc1ccc(O)c(Br)c1. The van der Waals surface area contributed by atoms with Gasteiger partial charge in [0.05, 0.1) is 4.47 Å². The van der Waals surface area contributed by atoms with Crippen molar-refractivity contribution in [2.75, 3.05) is 19.8 Å². The van der Waals surface area contributed by atoms with E-state index >= 15 is 0 Å². The summed E-state index contributed by atoms with van der Waals surface area (Å²) in [5, 5.41) is 12.7. The van der Waals surface area contributed by atoms with E-state index in [2.05, 4.69) is 21.2 Å². The topological polar surface area (TPSA) is 41.5 Å². The molecule has 0 aromatic heterocycles. The molecule has 3 nitrogen and oxygen atoms in total. The molecule has 0 amide bonds. The summed E-state index contributed by atoms with van der Waals surface area (Å²) in [6.07, 6.45) is 1.02. The Kier molecular flexibility index (Phi) is 6.45. The molecule has 0 aliphatic heterocycles. The van der Waals surface area contributed by atoms with Gasteiger partial charge in [0.2, 0.25) is 0 Å². The van der Waals surface area contributed by atoms with Crippen LogP contribution in [0.4, 0.5) is 0 Å². The van der Waals surface area contributed by atoms with E-state index in [-0.39, 0.29) is 5.75 Å². The van der Waals surface area contributed by atoms with Crippen molar-refractivity contribution >= 4 is 15.9 Å². The lowest BCUT2D eigenvalue weighted by Gasteiger charge is -2.06. The third kappa shape index (κ3) is 4.96. The second-order valence-electron chi connectivity index (χ2n) is 3.51. The van der Waals surface area contributed by atoms with Crippen LogP contribution in [0.25, 0.3) is 0 Å². The van der Waals surface area contributed by atoms with Gasteiger partial charge in [-0.2, -0.15) is 0 Å². The van der Waals surface area contributed by atoms with Crippen LogP contribution in [-0.2, 0) is 11.3 Å². The number of phenols is 1. The van der Waals surface area contributed by atoms with E-state index in [1.54, 1.807) is 6.07 Å². The van der Waals surface area contributed by atoms with Crippen LogP contribution in [0, 0.1) is 0 Å². The first-order valence-corrected chi connectivity index (χ1v) is 6.29. The first kappa shape index (κ1) is 13.5. The van der Waals surface area contributed by atoms with Crippen LogP contribution in [0.5, 0.6) is 5.75 Å². The maximum atomic E-state index is 9.33. The number of aromatic hydroxyl groups is 1. The van der Waals surface area contributed by atoms with E-state index in [1.165, 1.54) is 0 Å². The van der Waals surface area contributed by atoms with E-state index < -0.39 is 0 Å². The van der Waals surface area contributed by atoms with E-state index in [0.717, 1.165) is 42.8 Å². The largest absolute Gasteiger partial charge is 0.507 e. The summed E-state index contributed by atoms with van der Waals surface area (Å²) in [4.78, 5) is 0. The highest BCUT2D eigenvalue weighted by atomic mass is 79.9. The molecular weight excluding hydrogens is 270 g/mol. The lowest BCUT2D eigenvalue weighted by molar-refractivity contribution is 0.144. The molecule has 90 valence electrons. The first-order valence-electron chi connectivity index (χ1n) is 5.50. The van der Waals surface area contributed by atoms with Crippen molar-refractivity contribution in [1.82, 2.24) is 5.32 Å². The normalized spacial score (nSPS) is 10.6. The Morgan fingerprint density at radius 1 is 1.44 bits per heavy atom. The third-order valence-corrected chi connectivity index (χ3v) is 2.82. The molecule has 0 atom stereocenters. The van der Waals surface area contributed by atoms with Crippen molar-refractivity contribution in [3.05, 3.63) is 28.2 Å². The summed E-state index contributed by atoms with van der Waals surface area (Å²) in [6, 6.07) is 5.53.